The van der Waals surface area contributed by atoms with Gasteiger partial charge in [-0.05, 0) is 43.0 Å². The van der Waals surface area contributed by atoms with Gasteiger partial charge in [0.15, 0.2) is 17.3 Å². The molecule has 0 aliphatic heterocycles. The van der Waals surface area contributed by atoms with E-state index in [1.807, 2.05) is 19.2 Å². The Morgan fingerprint density at radius 3 is 2.74 bits per heavy atom. The van der Waals surface area contributed by atoms with Crippen molar-refractivity contribution >= 4 is 18.0 Å². The second kappa shape index (κ2) is 8.68. The molecule has 0 fully saturated rings. The van der Waals surface area contributed by atoms with E-state index in [0.717, 1.165) is 5.56 Å². The van der Waals surface area contributed by atoms with Crippen LogP contribution in [0.4, 0.5) is 4.39 Å². The Morgan fingerprint density at radius 2 is 2.00 bits per heavy atom. The van der Waals surface area contributed by atoms with Crippen molar-refractivity contribution in [3.63, 3.8) is 0 Å². The molecule has 3 aromatic rings. The van der Waals surface area contributed by atoms with Crippen molar-refractivity contribution < 1.29 is 13.9 Å². The quantitative estimate of drug-likeness (QED) is 0.455. The lowest BCUT2D eigenvalue weighted by Gasteiger charge is -2.11. The zero-order chi connectivity index (χ0) is 19.2. The first kappa shape index (κ1) is 18.9. The molecule has 0 radical (unpaired) electrons. The lowest BCUT2D eigenvalue weighted by atomic mass is 10.2. The Hall–Kier alpha value is -2.87. The normalized spacial score (nSPS) is 11.1. The number of methoxy groups -OCH3 is 1. The van der Waals surface area contributed by atoms with Gasteiger partial charge in [-0.25, -0.2) is 4.39 Å². The standard InChI is InChI=1S/C19H19FN4O2S/c1-13-22-23-19(27-3)24(13)21-11-14-8-9-17(18(10-14)25-2)26-12-15-6-4-5-7-16(15)20/h4-11H,12H2,1-3H3/b21-11-. The van der Waals surface area contributed by atoms with Gasteiger partial charge >= 0.3 is 0 Å². The molecule has 0 saturated carbocycles. The minimum atomic E-state index is -0.297. The molecular formula is C19H19FN4O2S. The van der Waals surface area contributed by atoms with Crippen molar-refractivity contribution in [3.8, 4) is 11.5 Å². The Morgan fingerprint density at radius 1 is 1.19 bits per heavy atom. The van der Waals surface area contributed by atoms with Crippen LogP contribution >= 0.6 is 11.8 Å². The molecule has 2 aromatic carbocycles. The van der Waals surface area contributed by atoms with Crippen molar-refractivity contribution in [1.82, 2.24) is 14.9 Å². The predicted octanol–water partition coefficient (Wildman–Crippen LogP) is 3.92. The molecule has 0 saturated heterocycles. The molecule has 0 atom stereocenters. The van der Waals surface area contributed by atoms with E-state index in [0.29, 0.717) is 28.0 Å². The van der Waals surface area contributed by atoms with E-state index in [1.54, 1.807) is 48.3 Å². The molecule has 0 spiro atoms. The van der Waals surface area contributed by atoms with Crippen LogP contribution in [-0.2, 0) is 6.61 Å². The summed E-state index contributed by atoms with van der Waals surface area (Å²) in [6.45, 7) is 1.96. The van der Waals surface area contributed by atoms with Gasteiger partial charge < -0.3 is 9.47 Å². The highest BCUT2D eigenvalue weighted by Gasteiger charge is 2.09. The van der Waals surface area contributed by atoms with Gasteiger partial charge in [-0.15, -0.1) is 10.2 Å². The van der Waals surface area contributed by atoms with Gasteiger partial charge in [0.05, 0.1) is 13.3 Å². The fourth-order valence-corrected chi connectivity index (χ4v) is 2.85. The number of hydrogen-bond acceptors (Lipinski definition) is 6. The van der Waals surface area contributed by atoms with Gasteiger partial charge in [0.1, 0.15) is 12.4 Å². The van der Waals surface area contributed by atoms with Crippen molar-refractivity contribution in [2.45, 2.75) is 18.7 Å². The third-order valence-electron chi connectivity index (χ3n) is 3.80. The molecular weight excluding hydrogens is 367 g/mol. The fraction of sp³-hybridized carbons (Fsp3) is 0.211. The lowest BCUT2D eigenvalue weighted by molar-refractivity contribution is 0.279. The Labute approximate surface area is 161 Å². The minimum absolute atomic E-state index is 0.119. The lowest BCUT2D eigenvalue weighted by Crippen LogP contribution is -2.00. The van der Waals surface area contributed by atoms with Gasteiger partial charge in [-0.2, -0.15) is 9.78 Å². The second-order valence-electron chi connectivity index (χ2n) is 5.58. The number of halogens is 1. The summed E-state index contributed by atoms with van der Waals surface area (Å²) in [6, 6.07) is 11.9. The van der Waals surface area contributed by atoms with Gasteiger partial charge in [-0.3, -0.25) is 0 Å². The van der Waals surface area contributed by atoms with E-state index in [-0.39, 0.29) is 12.4 Å². The molecule has 27 heavy (non-hydrogen) atoms. The summed E-state index contributed by atoms with van der Waals surface area (Å²) < 4.78 is 26.5. The molecule has 3 rings (SSSR count). The van der Waals surface area contributed by atoms with Crippen LogP contribution in [0.2, 0.25) is 0 Å². The number of benzene rings is 2. The van der Waals surface area contributed by atoms with Crippen molar-refractivity contribution in [1.29, 1.82) is 0 Å². The SMILES string of the molecule is COc1cc(/C=N\n2c(C)nnc2SC)ccc1OCc1ccccc1F. The molecule has 0 aliphatic rings. The summed E-state index contributed by atoms with van der Waals surface area (Å²) in [4.78, 5) is 0. The predicted molar refractivity (Wildman–Crippen MR) is 103 cm³/mol. The maximum Gasteiger partial charge on any atom is 0.211 e. The molecule has 1 heterocycles. The third-order valence-corrected chi connectivity index (χ3v) is 4.42. The summed E-state index contributed by atoms with van der Waals surface area (Å²) in [6.07, 6.45) is 3.61. The Balaban J connectivity index is 1.77. The first-order chi connectivity index (χ1) is 13.1. The molecule has 0 bridgehead atoms. The van der Waals surface area contributed by atoms with Crippen LogP contribution in [0.15, 0.2) is 52.7 Å². The summed E-state index contributed by atoms with van der Waals surface area (Å²) in [5.41, 5.74) is 1.31. The van der Waals surface area contributed by atoms with Crippen LogP contribution in [-0.4, -0.2) is 34.5 Å². The number of rotatable bonds is 7. The van der Waals surface area contributed by atoms with E-state index in [4.69, 9.17) is 9.47 Å². The van der Waals surface area contributed by atoms with Crippen LogP contribution in [0.1, 0.15) is 17.0 Å². The average Bonchev–Trinajstić information content (AvgIpc) is 3.05. The molecule has 6 nitrogen and oxygen atoms in total. The molecule has 0 N–H and O–H groups in total. The van der Waals surface area contributed by atoms with Gasteiger partial charge in [-0.1, -0.05) is 30.0 Å². The Bertz CT molecular complexity index is 959. The summed E-state index contributed by atoms with van der Waals surface area (Å²) in [7, 11) is 1.56. The maximum absolute atomic E-state index is 13.7. The number of hydrogen-bond donors (Lipinski definition) is 0. The highest BCUT2D eigenvalue weighted by atomic mass is 32.2. The molecule has 0 aliphatic carbocycles. The third kappa shape index (κ3) is 4.46. The Kier molecular flexibility index (Phi) is 6.08. The number of aryl methyl sites for hydroxylation is 1. The summed E-state index contributed by atoms with van der Waals surface area (Å²) in [5.74, 6) is 1.48. The van der Waals surface area contributed by atoms with Crippen molar-refractivity contribution in [2.24, 2.45) is 5.10 Å². The van der Waals surface area contributed by atoms with Gasteiger partial charge in [0, 0.05) is 5.56 Å². The number of ether oxygens (including phenoxy) is 2. The van der Waals surface area contributed by atoms with E-state index in [1.165, 1.54) is 17.8 Å². The zero-order valence-corrected chi connectivity index (χ0v) is 16.0. The minimum Gasteiger partial charge on any atom is -0.493 e. The molecule has 0 amide bonds. The van der Waals surface area contributed by atoms with Crippen molar-refractivity contribution in [3.05, 3.63) is 65.2 Å². The largest absolute Gasteiger partial charge is 0.493 e. The highest BCUT2D eigenvalue weighted by molar-refractivity contribution is 7.98. The second-order valence-corrected chi connectivity index (χ2v) is 6.35. The fourth-order valence-electron chi connectivity index (χ4n) is 2.38. The van der Waals surface area contributed by atoms with E-state index >= 15 is 0 Å². The molecule has 0 unspecified atom stereocenters. The van der Waals surface area contributed by atoms with Crippen LogP contribution in [0, 0.1) is 12.7 Å². The number of nitrogens with zero attached hydrogens (tertiary/aromatic N) is 4. The topological polar surface area (TPSA) is 61.5 Å². The van der Waals surface area contributed by atoms with Gasteiger partial charge in [0.2, 0.25) is 5.16 Å². The monoisotopic (exact) mass is 386 g/mol. The van der Waals surface area contributed by atoms with Crippen LogP contribution in [0.5, 0.6) is 11.5 Å². The van der Waals surface area contributed by atoms with Crippen LogP contribution < -0.4 is 9.47 Å². The first-order valence-electron chi connectivity index (χ1n) is 8.17. The van der Waals surface area contributed by atoms with Crippen LogP contribution in [0.3, 0.4) is 0 Å². The smallest absolute Gasteiger partial charge is 0.211 e. The molecule has 8 heteroatoms. The molecule has 140 valence electrons. The summed E-state index contributed by atoms with van der Waals surface area (Å²) >= 11 is 1.47. The van der Waals surface area contributed by atoms with Crippen LogP contribution in [0.25, 0.3) is 0 Å². The van der Waals surface area contributed by atoms with E-state index in [9.17, 15) is 4.39 Å². The number of thioether (sulfide) groups is 1. The van der Waals surface area contributed by atoms with E-state index in [2.05, 4.69) is 15.3 Å². The average molecular weight is 386 g/mol. The summed E-state index contributed by atoms with van der Waals surface area (Å²) in [5, 5.41) is 13.2. The zero-order valence-electron chi connectivity index (χ0n) is 15.2. The highest BCUT2D eigenvalue weighted by Crippen LogP contribution is 2.28. The first-order valence-corrected chi connectivity index (χ1v) is 9.39. The number of aromatic nitrogens is 3. The van der Waals surface area contributed by atoms with Crippen molar-refractivity contribution in [2.75, 3.05) is 13.4 Å². The van der Waals surface area contributed by atoms with Gasteiger partial charge in [0.25, 0.3) is 0 Å². The molecule has 1 aromatic heterocycles. The van der Waals surface area contributed by atoms with E-state index < -0.39 is 0 Å². The maximum atomic E-state index is 13.7.